The molecule has 0 radical (unpaired) electrons. The Morgan fingerprint density at radius 2 is 1.92 bits per heavy atom. The first-order valence-electron chi connectivity index (χ1n) is 4.28. The largest absolute Gasteiger partial charge is 0.481 e. The van der Waals surface area contributed by atoms with Gasteiger partial charge < -0.3 is 5.11 Å². The Morgan fingerprint density at radius 1 is 1.33 bits per heavy atom. The standard InChI is InChI=1S/C9H18O2Si/c1-12(2,3)8-6-4-5-7-9(10)11/h4,6H,5,7-8H2,1-3H3,(H,10,11). The summed E-state index contributed by atoms with van der Waals surface area (Å²) in [7, 11) is -0.969. The van der Waals surface area contributed by atoms with Gasteiger partial charge in [-0.3, -0.25) is 4.79 Å². The van der Waals surface area contributed by atoms with E-state index < -0.39 is 14.0 Å². The van der Waals surface area contributed by atoms with Crippen LogP contribution in [-0.2, 0) is 4.79 Å². The van der Waals surface area contributed by atoms with E-state index in [2.05, 4.69) is 25.7 Å². The van der Waals surface area contributed by atoms with Gasteiger partial charge in [0.25, 0.3) is 0 Å². The molecule has 70 valence electrons. The fourth-order valence-corrected chi connectivity index (χ4v) is 1.64. The Hall–Kier alpha value is -0.573. The van der Waals surface area contributed by atoms with Gasteiger partial charge in [0.2, 0.25) is 0 Å². The van der Waals surface area contributed by atoms with Crippen LogP contribution < -0.4 is 0 Å². The van der Waals surface area contributed by atoms with Crippen LogP contribution in [-0.4, -0.2) is 19.1 Å². The quantitative estimate of drug-likeness (QED) is 0.529. The van der Waals surface area contributed by atoms with Crippen LogP contribution in [0.3, 0.4) is 0 Å². The van der Waals surface area contributed by atoms with Crippen LogP contribution in [0.15, 0.2) is 12.2 Å². The van der Waals surface area contributed by atoms with Crippen LogP contribution in [0.1, 0.15) is 12.8 Å². The van der Waals surface area contributed by atoms with Gasteiger partial charge in [0, 0.05) is 14.5 Å². The highest BCUT2D eigenvalue weighted by atomic mass is 28.3. The van der Waals surface area contributed by atoms with Gasteiger partial charge in [-0.1, -0.05) is 31.8 Å². The molecule has 0 heterocycles. The molecule has 0 bridgehead atoms. The molecule has 0 aromatic carbocycles. The average Bonchev–Trinajstić information content (AvgIpc) is 1.83. The Morgan fingerprint density at radius 3 is 2.33 bits per heavy atom. The summed E-state index contributed by atoms with van der Waals surface area (Å²) in [5.74, 6) is -0.715. The number of carboxylic acids is 1. The zero-order chi connectivity index (χ0) is 9.61. The Kier molecular flexibility index (Phi) is 4.89. The van der Waals surface area contributed by atoms with Crippen LogP contribution >= 0.6 is 0 Å². The normalized spacial score (nSPS) is 12.2. The van der Waals surface area contributed by atoms with Crippen LogP contribution in [0, 0.1) is 0 Å². The highest BCUT2D eigenvalue weighted by molar-refractivity contribution is 6.76. The molecule has 0 aromatic heterocycles. The zero-order valence-electron chi connectivity index (χ0n) is 8.13. The van der Waals surface area contributed by atoms with Crippen molar-refractivity contribution in [2.45, 2.75) is 38.5 Å². The highest BCUT2D eigenvalue weighted by Crippen LogP contribution is 2.08. The molecule has 1 N–H and O–H groups in total. The van der Waals surface area contributed by atoms with E-state index in [1.165, 1.54) is 0 Å². The van der Waals surface area contributed by atoms with Gasteiger partial charge in [-0.15, -0.1) is 0 Å². The summed E-state index contributed by atoms with van der Waals surface area (Å²) < 4.78 is 0. The van der Waals surface area contributed by atoms with Gasteiger partial charge in [0.1, 0.15) is 0 Å². The van der Waals surface area contributed by atoms with Crippen molar-refractivity contribution >= 4 is 14.0 Å². The molecule has 0 amide bonds. The van der Waals surface area contributed by atoms with Gasteiger partial charge in [-0.05, 0) is 12.5 Å². The highest BCUT2D eigenvalue weighted by Gasteiger charge is 2.09. The molecule has 0 aliphatic carbocycles. The molecule has 0 atom stereocenters. The Labute approximate surface area is 75.3 Å². The molecule has 0 unspecified atom stereocenters. The van der Waals surface area contributed by atoms with Crippen LogP contribution in [0.5, 0.6) is 0 Å². The van der Waals surface area contributed by atoms with Gasteiger partial charge in [0.05, 0.1) is 0 Å². The number of carboxylic acid groups (broad SMARTS) is 1. The van der Waals surface area contributed by atoms with Crippen LogP contribution in [0.25, 0.3) is 0 Å². The van der Waals surface area contributed by atoms with Crippen molar-refractivity contribution in [2.24, 2.45) is 0 Å². The first-order chi connectivity index (χ1) is 5.42. The third kappa shape index (κ3) is 9.43. The summed E-state index contributed by atoms with van der Waals surface area (Å²) in [6, 6.07) is 1.15. The molecule has 0 aromatic rings. The maximum Gasteiger partial charge on any atom is 0.303 e. The van der Waals surface area contributed by atoms with Crippen LogP contribution in [0.4, 0.5) is 0 Å². The van der Waals surface area contributed by atoms with Crippen molar-refractivity contribution in [1.82, 2.24) is 0 Å². The lowest BCUT2D eigenvalue weighted by Crippen LogP contribution is -2.17. The van der Waals surface area contributed by atoms with E-state index in [4.69, 9.17) is 5.11 Å². The fourth-order valence-electron chi connectivity index (χ4n) is 0.762. The van der Waals surface area contributed by atoms with Gasteiger partial charge in [-0.2, -0.15) is 0 Å². The molecule has 0 saturated heterocycles. The predicted octanol–water partition coefficient (Wildman–Crippen LogP) is 2.75. The SMILES string of the molecule is C[Si](C)(C)CC=CCCC(=O)O. The van der Waals surface area contributed by atoms with Crippen molar-refractivity contribution in [3.8, 4) is 0 Å². The topological polar surface area (TPSA) is 37.3 Å². The maximum atomic E-state index is 10.1. The second kappa shape index (κ2) is 5.14. The van der Waals surface area contributed by atoms with E-state index in [1.54, 1.807) is 0 Å². The minimum atomic E-state index is -0.969. The molecule has 0 aliphatic rings. The summed E-state index contributed by atoms with van der Waals surface area (Å²) in [6.07, 6.45) is 5.02. The number of carbonyl (C=O) groups is 1. The monoisotopic (exact) mass is 186 g/mol. The molecular weight excluding hydrogens is 168 g/mol. The number of rotatable bonds is 5. The second-order valence-corrected chi connectivity index (χ2v) is 9.70. The van der Waals surface area contributed by atoms with Crippen molar-refractivity contribution in [2.75, 3.05) is 0 Å². The molecule has 0 spiro atoms. The molecule has 0 rings (SSSR count). The summed E-state index contributed by atoms with van der Waals surface area (Å²) >= 11 is 0. The van der Waals surface area contributed by atoms with Crippen molar-refractivity contribution in [3.63, 3.8) is 0 Å². The third-order valence-electron chi connectivity index (χ3n) is 1.42. The number of hydrogen-bond donors (Lipinski definition) is 1. The molecule has 12 heavy (non-hydrogen) atoms. The van der Waals surface area contributed by atoms with Crippen molar-refractivity contribution in [3.05, 3.63) is 12.2 Å². The maximum absolute atomic E-state index is 10.1. The lowest BCUT2D eigenvalue weighted by molar-refractivity contribution is -0.136. The first kappa shape index (κ1) is 11.4. The van der Waals surface area contributed by atoms with E-state index >= 15 is 0 Å². The van der Waals surface area contributed by atoms with Gasteiger partial charge in [-0.25, -0.2) is 0 Å². The molecule has 0 aliphatic heterocycles. The van der Waals surface area contributed by atoms with E-state index in [9.17, 15) is 4.79 Å². The molecule has 0 fully saturated rings. The van der Waals surface area contributed by atoms with E-state index in [0.29, 0.717) is 6.42 Å². The number of aliphatic carboxylic acids is 1. The summed E-state index contributed by atoms with van der Waals surface area (Å²) in [4.78, 5) is 10.1. The number of hydrogen-bond acceptors (Lipinski definition) is 1. The smallest absolute Gasteiger partial charge is 0.303 e. The fraction of sp³-hybridized carbons (Fsp3) is 0.667. The minimum Gasteiger partial charge on any atom is -0.481 e. The summed E-state index contributed by atoms with van der Waals surface area (Å²) in [5.41, 5.74) is 0. The van der Waals surface area contributed by atoms with Crippen molar-refractivity contribution in [1.29, 1.82) is 0 Å². The Balaban J connectivity index is 3.45. The number of allylic oxidation sites excluding steroid dienone is 2. The summed E-state index contributed by atoms with van der Waals surface area (Å²) in [5, 5.41) is 8.35. The van der Waals surface area contributed by atoms with E-state index in [0.717, 1.165) is 6.04 Å². The summed E-state index contributed by atoms with van der Waals surface area (Å²) in [6.45, 7) is 6.90. The lowest BCUT2D eigenvalue weighted by Gasteiger charge is -2.11. The lowest BCUT2D eigenvalue weighted by atomic mass is 10.3. The van der Waals surface area contributed by atoms with E-state index in [-0.39, 0.29) is 6.42 Å². The molecule has 3 heteroatoms. The van der Waals surface area contributed by atoms with Crippen molar-refractivity contribution < 1.29 is 9.90 Å². The first-order valence-corrected chi connectivity index (χ1v) is 7.99. The minimum absolute atomic E-state index is 0.252. The molecular formula is C9H18O2Si. The zero-order valence-corrected chi connectivity index (χ0v) is 9.13. The predicted molar refractivity (Wildman–Crippen MR) is 54.2 cm³/mol. The Bertz CT molecular complexity index is 168. The second-order valence-electron chi connectivity index (χ2n) is 4.17. The van der Waals surface area contributed by atoms with Gasteiger partial charge in [0.15, 0.2) is 0 Å². The van der Waals surface area contributed by atoms with Gasteiger partial charge >= 0.3 is 5.97 Å². The van der Waals surface area contributed by atoms with Crippen LogP contribution in [0.2, 0.25) is 25.7 Å². The van der Waals surface area contributed by atoms with E-state index in [1.807, 2.05) is 6.08 Å². The molecule has 0 saturated carbocycles. The average molecular weight is 186 g/mol. The molecule has 2 nitrogen and oxygen atoms in total. The third-order valence-corrected chi connectivity index (χ3v) is 2.88.